The SMILES string of the molecule is C/C(=C\C#C[Si](C)(C)C)CO. The van der Waals surface area contributed by atoms with Crippen LogP contribution in [0.4, 0.5) is 0 Å². The highest BCUT2D eigenvalue weighted by molar-refractivity contribution is 6.83. The summed E-state index contributed by atoms with van der Waals surface area (Å²) in [6, 6.07) is 0. The minimum absolute atomic E-state index is 0.111. The third-order valence-corrected chi connectivity index (χ3v) is 1.91. The smallest absolute Gasteiger partial charge is 0.129 e. The van der Waals surface area contributed by atoms with Gasteiger partial charge in [-0.05, 0) is 18.6 Å². The van der Waals surface area contributed by atoms with Crippen LogP contribution in [0.2, 0.25) is 19.6 Å². The molecule has 11 heavy (non-hydrogen) atoms. The molecule has 62 valence electrons. The Hall–Kier alpha value is -0.523. The number of aliphatic hydroxyl groups excluding tert-OH is 1. The molecule has 0 fully saturated rings. The molecule has 0 saturated heterocycles. The van der Waals surface area contributed by atoms with E-state index < -0.39 is 8.07 Å². The summed E-state index contributed by atoms with van der Waals surface area (Å²) in [5.41, 5.74) is 4.12. The molecule has 1 nitrogen and oxygen atoms in total. The molecule has 0 aromatic heterocycles. The van der Waals surface area contributed by atoms with Gasteiger partial charge in [0.05, 0.1) is 6.61 Å². The lowest BCUT2D eigenvalue weighted by Crippen LogP contribution is -2.16. The predicted octanol–water partition coefficient (Wildman–Crippen LogP) is 1.81. The highest BCUT2D eigenvalue weighted by atomic mass is 28.3. The second-order valence-corrected chi connectivity index (χ2v) is 8.42. The standard InChI is InChI=1S/C9H16OSi/c1-9(8-10)6-5-7-11(2,3)4/h6,10H,8H2,1-4H3/b9-6+. The van der Waals surface area contributed by atoms with E-state index in [1.54, 1.807) is 6.08 Å². The summed E-state index contributed by atoms with van der Waals surface area (Å²) in [4.78, 5) is 0. The van der Waals surface area contributed by atoms with Gasteiger partial charge in [-0.2, -0.15) is 0 Å². The zero-order valence-corrected chi connectivity index (χ0v) is 8.73. The van der Waals surface area contributed by atoms with Gasteiger partial charge in [0.25, 0.3) is 0 Å². The Morgan fingerprint density at radius 2 is 2.00 bits per heavy atom. The van der Waals surface area contributed by atoms with Gasteiger partial charge < -0.3 is 5.11 Å². The van der Waals surface area contributed by atoms with E-state index in [0.717, 1.165) is 5.57 Å². The Kier molecular flexibility index (Phi) is 4.17. The van der Waals surface area contributed by atoms with Crippen molar-refractivity contribution in [1.29, 1.82) is 0 Å². The monoisotopic (exact) mass is 168 g/mol. The van der Waals surface area contributed by atoms with Crippen LogP contribution >= 0.6 is 0 Å². The van der Waals surface area contributed by atoms with E-state index >= 15 is 0 Å². The van der Waals surface area contributed by atoms with Crippen molar-refractivity contribution < 1.29 is 5.11 Å². The number of hydrogen-bond donors (Lipinski definition) is 1. The molecule has 0 radical (unpaired) electrons. The molecule has 2 heteroatoms. The number of rotatable bonds is 1. The highest BCUT2D eigenvalue weighted by Crippen LogP contribution is 1.96. The van der Waals surface area contributed by atoms with Crippen LogP contribution in [0.1, 0.15) is 6.92 Å². The van der Waals surface area contributed by atoms with Crippen molar-refractivity contribution in [2.45, 2.75) is 26.6 Å². The maximum atomic E-state index is 8.64. The number of allylic oxidation sites excluding steroid dienone is 1. The van der Waals surface area contributed by atoms with Gasteiger partial charge in [-0.1, -0.05) is 25.6 Å². The fourth-order valence-electron chi connectivity index (χ4n) is 0.421. The average molecular weight is 168 g/mol. The van der Waals surface area contributed by atoms with Crippen molar-refractivity contribution in [1.82, 2.24) is 0 Å². The van der Waals surface area contributed by atoms with Crippen LogP contribution in [0.5, 0.6) is 0 Å². The third-order valence-electron chi connectivity index (χ3n) is 1.02. The van der Waals surface area contributed by atoms with Gasteiger partial charge in [-0.3, -0.25) is 0 Å². The highest BCUT2D eigenvalue weighted by Gasteiger charge is 2.06. The molecule has 0 unspecified atom stereocenters. The first-order valence-electron chi connectivity index (χ1n) is 3.75. The van der Waals surface area contributed by atoms with Crippen molar-refractivity contribution in [3.63, 3.8) is 0 Å². The Morgan fingerprint density at radius 3 is 2.36 bits per heavy atom. The molecular weight excluding hydrogens is 152 g/mol. The first-order chi connectivity index (χ1) is 4.95. The fraction of sp³-hybridized carbons (Fsp3) is 0.556. The lowest BCUT2D eigenvalue weighted by atomic mass is 10.3. The molecule has 0 spiro atoms. The molecule has 0 bridgehead atoms. The van der Waals surface area contributed by atoms with Gasteiger partial charge in [-0.15, -0.1) is 5.54 Å². The topological polar surface area (TPSA) is 20.2 Å². The third kappa shape index (κ3) is 7.37. The van der Waals surface area contributed by atoms with E-state index in [0.29, 0.717) is 0 Å². The number of aliphatic hydroxyl groups is 1. The molecule has 0 aliphatic heterocycles. The maximum Gasteiger partial charge on any atom is 0.129 e. The Labute approximate surface area is 70.1 Å². The minimum atomic E-state index is -1.22. The molecule has 0 aliphatic carbocycles. The van der Waals surface area contributed by atoms with Crippen LogP contribution in [0.15, 0.2) is 11.6 Å². The van der Waals surface area contributed by atoms with Gasteiger partial charge in [0.1, 0.15) is 8.07 Å². The number of hydrogen-bond acceptors (Lipinski definition) is 1. The van der Waals surface area contributed by atoms with E-state index in [9.17, 15) is 0 Å². The molecule has 0 aromatic carbocycles. The maximum absolute atomic E-state index is 8.64. The predicted molar refractivity (Wildman–Crippen MR) is 52.0 cm³/mol. The summed E-state index contributed by atoms with van der Waals surface area (Å²) >= 11 is 0. The summed E-state index contributed by atoms with van der Waals surface area (Å²) in [5, 5.41) is 8.64. The Morgan fingerprint density at radius 1 is 1.45 bits per heavy atom. The van der Waals surface area contributed by atoms with Crippen molar-refractivity contribution in [2.24, 2.45) is 0 Å². The van der Waals surface area contributed by atoms with Crippen LogP contribution in [0.25, 0.3) is 0 Å². The molecule has 1 N–H and O–H groups in total. The molecule has 0 atom stereocenters. The van der Waals surface area contributed by atoms with Gasteiger partial charge in [0, 0.05) is 0 Å². The van der Waals surface area contributed by atoms with Crippen LogP contribution in [-0.2, 0) is 0 Å². The molecule has 0 saturated carbocycles. The van der Waals surface area contributed by atoms with Crippen LogP contribution in [0.3, 0.4) is 0 Å². The van der Waals surface area contributed by atoms with E-state index in [1.807, 2.05) is 6.92 Å². The summed E-state index contributed by atoms with van der Waals surface area (Å²) in [6.07, 6.45) is 1.79. The van der Waals surface area contributed by atoms with Gasteiger partial charge in [-0.25, -0.2) is 0 Å². The van der Waals surface area contributed by atoms with Gasteiger partial charge in [0.15, 0.2) is 0 Å². The summed E-state index contributed by atoms with van der Waals surface area (Å²) in [7, 11) is -1.22. The van der Waals surface area contributed by atoms with Crippen LogP contribution < -0.4 is 0 Å². The largest absolute Gasteiger partial charge is 0.392 e. The van der Waals surface area contributed by atoms with E-state index in [4.69, 9.17) is 5.11 Å². The molecule has 0 aromatic rings. The van der Waals surface area contributed by atoms with E-state index in [2.05, 4.69) is 31.1 Å². The van der Waals surface area contributed by atoms with Crippen LogP contribution in [-0.4, -0.2) is 19.8 Å². The first kappa shape index (κ1) is 10.5. The molecule has 0 amide bonds. The van der Waals surface area contributed by atoms with E-state index in [-0.39, 0.29) is 6.61 Å². The summed E-state index contributed by atoms with van der Waals surface area (Å²) < 4.78 is 0. The van der Waals surface area contributed by atoms with Gasteiger partial charge in [0.2, 0.25) is 0 Å². The van der Waals surface area contributed by atoms with Gasteiger partial charge >= 0.3 is 0 Å². The van der Waals surface area contributed by atoms with Crippen molar-refractivity contribution >= 4 is 8.07 Å². The molecule has 0 aliphatic rings. The second kappa shape index (κ2) is 4.37. The Balaban J connectivity index is 4.11. The molecular formula is C9H16OSi. The van der Waals surface area contributed by atoms with E-state index in [1.165, 1.54) is 0 Å². The minimum Gasteiger partial charge on any atom is -0.392 e. The molecule has 0 rings (SSSR count). The summed E-state index contributed by atoms with van der Waals surface area (Å²) in [6.45, 7) is 8.58. The van der Waals surface area contributed by atoms with Crippen molar-refractivity contribution in [2.75, 3.05) is 6.61 Å². The second-order valence-electron chi connectivity index (χ2n) is 3.67. The van der Waals surface area contributed by atoms with Crippen molar-refractivity contribution in [3.05, 3.63) is 11.6 Å². The zero-order chi connectivity index (χ0) is 8.91. The first-order valence-corrected chi connectivity index (χ1v) is 7.25. The lowest BCUT2D eigenvalue weighted by molar-refractivity contribution is 0.331. The van der Waals surface area contributed by atoms with Crippen molar-refractivity contribution in [3.8, 4) is 11.5 Å². The van der Waals surface area contributed by atoms with Crippen LogP contribution in [0, 0.1) is 11.5 Å². The average Bonchev–Trinajstić information content (AvgIpc) is 1.85. The summed E-state index contributed by atoms with van der Waals surface area (Å²) in [5.74, 6) is 2.97. The Bertz CT molecular complexity index is 200. The quantitative estimate of drug-likeness (QED) is 0.467. The fourth-order valence-corrected chi connectivity index (χ4v) is 0.927. The zero-order valence-electron chi connectivity index (χ0n) is 7.73. The molecule has 0 heterocycles. The normalized spacial score (nSPS) is 12.3. The lowest BCUT2D eigenvalue weighted by Gasteiger charge is -2.02.